The Hall–Kier alpha value is -6.97. The van der Waals surface area contributed by atoms with Crippen LogP contribution in [0.25, 0.3) is 28.2 Å². The van der Waals surface area contributed by atoms with Crippen molar-refractivity contribution in [3.05, 3.63) is 191 Å². The first-order valence-electron chi connectivity index (χ1n) is 18.5. The molecule has 15 heteroatoms. The standard InChI is InChI=1S/C18H16N2O2.C15H10BrN3O2.C12H11BrN2O2/c1-2-22-18(21)17-12-20(13-19-17)16-10-6-9-15(11-16)14-7-4-3-5-8-14;16-11-3-1-4-12(7-11)19-9-14(18-10-19)15(20)21-13-5-2-6-17-8-13;1-2-17-12(16)11-7-15(8-14-11)10-5-3-4-9(13)6-10/h3-13H,2H2,1H3;1-10H;3-8H,2H2,1H3. The lowest BCUT2D eigenvalue weighted by Gasteiger charge is -2.06. The lowest BCUT2D eigenvalue weighted by Crippen LogP contribution is -2.08. The number of carbonyl (C=O) groups is 3. The maximum atomic E-state index is 12.0. The molecule has 4 aromatic heterocycles. The van der Waals surface area contributed by atoms with Gasteiger partial charge in [0.15, 0.2) is 17.1 Å². The number of nitrogens with zero attached hydrogens (tertiary/aromatic N) is 7. The topological polar surface area (TPSA) is 145 Å². The van der Waals surface area contributed by atoms with Crippen LogP contribution >= 0.6 is 31.9 Å². The van der Waals surface area contributed by atoms with Crippen molar-refractivity contribution in [1.82, 2.24) is 33.6 Å². The van der Waals surface area contributed by atoms with Gasteiger partial charge in [-0.15, -0.1) is 0 Å². The molecule has 4 heterocycles. The molecule has 0 spiro atoms. The summed E-state index contributed by atoms with van der Waals surface area (Å²) in [4.78, 5) is 51.2. The van der Waals surface area contributed by atoms with Crippen molar-refractivity contribution in [2.75, 3.05) is 13.2 Å². The average molecular weight is 932 g/mol. The highest BCUT2D eigenvalue weighted by Crippen LogP contribution is 2.22. The highest BCUT2D eigenvalue weighted by Gasteiger charge is 2.14. The number of hydrogen-bond donors (Lipinski definition) is 0. The number of halogens is 2. The number of carbonyl (C=O) groups excluding carboxylic acids is 3. The van der Waals surface area contributed by atoms with Crippen LogP contribution in [-0.2, 0) is 9.47 Å². The van der Waals surface area contributed by atoms with Gasteiger partial charge in [0.2, 0.25) is 0 Å². The smallest absolute Gasteiger partial charge is 0.363 e. The molecule has 4 aromatic carbocycles. The van der Waals surface area contributed by atoms with Crippen LogP contribution in [0, 0.1) is 0 Å². The number of imidazole rings is 3. The molecule has 0 N–H and O–H groups in total. The summed E-state index contributed by atoms with van der Waals surface area (Å²) in [7, 11) is 0. The first-order valence-corrected chi connectivity index (χ1v) is 20.1. The SMILES string of the molecule is CCOC(=O)c1cn(-c2cccc(-c3ccccc3)c2)cn1.CCOC(=O)c1cn(-c2cccc(Br)c2)cn1.O=C(Oc1cccnc1)c1cn(-c2cccc(Br)c2)cn1. The van der Waals surface area contributed by atoms with E-state index in [1.807, 2.05) is 83.4 Å². The van der Waals surface area contributed by atoms with Crippen LogP contribution < -0.4 is 4.74 Å². The van der Waals surface area contributed by atoms with Crippen molar-refractivity contribution in [3.8, 4) is 33.9 Å². The maximum absolute atomic E-state index is 12.0. The fraction of sp³-hybridized carbons (Fsp3) is 0.0889. The minimum atomic E-state index is -0.517. The summed E-state index contributed by atoms with van der Waals surface area (Å²) < 4.78 is 22.3. The van der Waals surface area contributed by atoms with Gasteiger partial charge in [-0.25, -0.2) is 29.3 Å². The van der Waals surface area contributed by atoms with E-state index in [2.05, 4.69) is 76.1 Å². The normalized spacial score (nSPS) is 10.3. The molecule has 302 valence electrons. The van der Waals surface area contributed by atoms with Crippen molar-refractivity contribution in [2.45, 2.75) is 13.8 Å². The van der Waals surface area contributed by atoms with Crippen LogP contribution in [0.4, 0.5) is 0 Å². The molecule has 0 aliphatic rings. The summed E-state index contributed by atoms with van der Waals surface area (Å²) in [6.45, 7) is 4.24. The van der Waals surface area contributed by atoms with Crippen LogP contribution in [0.1, 0.15) is 45.3 Å². The zero-order valence-corrected chi connectivity index (χ0v) is 35.5. The van der Waals surface area contributed by atoms with Gasteiger partial charge in [0.25, 0.3) is 0 Å². The number of hydrogen-bond acceptors (Lipinski definition) is 10. The van der Waals surface area contributed by atoms with Crippen molar-refractivity contribution >= 4 is 49.8 Å². The molecule has 8 aromatic rings. The van der Waals surface area contributed by atoms with E-state index in [9.17, 15) is 14.4 Å². The lowest BCUT2D eigenvalue weighted by atomic mass is 10.1. The summed E-state index contributed by atoms with van der Waals surface area (Å²) in [5.74, 6) is -0.932. The van der Waals surface area contributed by atoms with Gasteiger partial charge < -0.3 is 27.9 Å². The van der Waals surface area contributed by atoms with Crippen LogP contribution in [-0.4, -0.2) is 64.8 Å². The number of esters is 3. The molecule has 0 aliphatic carbocycles. The minimum absolute atomic E-state index is 0.235. The molecule has 0 aliphatic heterocycles. The Morgan fingerprint density at radius 3 is 1.47 bits per heavy atom. The van der Waals surface area contributed by atoms with Crippen LogP contribution in [0.2, 0.25) is 0 Å². The number of rotatable bonds is 10. The van der Waals surface area contributed by atoms with Crippen molar-refractivity contribution in [1.29, 1.82) is 0 Å². The largest absolute Gasteiger partial charge is 0.461 e. The lowest BCUT2D eigenvalue weighted by molar-refractivity contribution is 0.0510. The third kappa shape index (κ3) is 11.8. The average Bonchev–Trinajstić information content (AvgIpc) is 4.08. The molecule has 13 nitrogen and oxygen atoms in total. The number of benzene rings is 4. The van der Waals surface area contributed by atoms with Gasteiger partial charge >= 0.3 is 17.9 Å². The van der Waals surface area contributed by atoms with Crippen molar-refractivity contribution in [2.24, 2.45) is 0 Å². The first kappa shape index (κ1) is 42.6. The van der Waals surface area contributed by atoms with Crippen LogP contribution in [0.15, 0.2) is 174 Å². The second kappa shape index (κ2) is 21.2. The Bertz CT molecular complexity index is 2660. The second-order valence-corrected chi connectivity index (χ2v) is 14.2. The Kier molecular flexibility index (Phi) is 15.0. The zero-order valence-electron chi connectivity index (χ0n) is 32.3. The molecule has 8 rings (SSSR count). The molecular formula is C45H37Br2N7O6. The molecule has 0 amide bonds. The fourth-order valence-corrected chi connectivity index (χ4v) is 6.21. The number of ether oxygens (including phenoxy) is 3. The molecule has 0 saturated carbocycles. The Morgan fingerprint density at radius 1 is 0.533 bits per heavy atom. The van der Waals surface area contributed by atoms with Gasteiger partial charge in [-0.05, 0) is 85.6 Å². The van der Waals surface area contributed by atoms with Gasteiger partial charge in [-0.3, -0.25) is 4.98 Å². The van der Waals surface area contributed by atoms with E-state index < -0.39 is 17.9 Å². The molecule has 0 saturated heterocycles. The predicted molar refractivity (Wildman–Crippen MR) is 233 cm³/mol. The van der Waals surface area contributed by atoms with E-state index in [4.69, 9.17) is 14.2 Å². The first-order chi connectivity index (χ1) is 29.2. The van der Waals surface area contributed by atoms with Gasteiger partial charge in [0.1, 0.15) is 24.7 Å². The molecule has 0 radical (unpaired) electrons. The van der Waals surface area contributed by atoms with Crippen molar-refractivity contribution < 1.29 is 28.6 Å². The van der Waals surface area contributed by atoms with E-state index in [1.165, 1.54) is 6.20 Å². The zero-order chi connectivity index (χ0) is 42.3. The maximum Gasteiger partial charge on any atom is 0.363 e. The van der Waals surface area contributed by atoms with E-state index in [1.54, 1.807) is 78.9 Å². The summed E-state index contributed by atoms with van der Waals surface area (Å²) in [5.41, 5.74) is 5.90. The highest BCUT2D eigenvalue weighted by atomic mass is 79.9. The van der Waals surface area contributed by atoms with Gasteiger partial charge in [0, 0.05) is 50.8 Å². The molecule has 60 heavy (non-hydrogen) atoms. The van der Waals surface area contributed by atoms with Crippen molar-refractivity contribution in [3.63, 3.8) is 0 Å². The Morgan fingerprint density at radius 2 is 1.00 bits per heavy atom. The summed E-state index contributed by atoms with van der Waals surface area (Å²) in [5, 5.41) is 0. The number of aromatic nitrogens is 7. The third-order valence-electron chi connectivity index (χ3n) is 8.24. The Labute approximate surface area is 362 Å². The molecule has 0 bridgehead atoms. The van der Waals surface area contributed by atoms with E-state index >= 15 is 0 Å². The number of pyridine rings is 1. The summed E-state index contributed by atoms with van der Waals surface area (Å²) >= 11 is 6.80. The quantitative estimate of drug-likeness (QED) is 0.122. The molecule has 0 unspecified atom stereocenters. The molecule has 0 atom stereocenters. The minimum Gasteiger partial charge on any atom is -0.461 e. The molecular weight excluding hydrogens is 894 g/mol. The summed E-state index contributed by atoms with van der Waals surface area (Å²) in [6.07, 6.45) is 12.8. The predicted octanol–water partition coefficient (Wildman–Crippen LogP) is 9.78. The van der Waals surface area contributed by atoms with Gasteiger partial charge in [0.05, 0.1) is 19.4 Å². The van der Waals surface area contributed by atoms with Crippen LogP contribution in [0.3, 0.4) is 0 Å². The van der Waals surface area contributed by atoms with Crippen LogP contribution in [0.5, 0.6) is 5.75 Å². The van der Waals surface area contributed by atoms with E-state index in [0.717, 1.165) is 37.1 Å². The summed E-state index contributed by atoms with van der Waals surface area (Å²) in [6, 6.07) is 37.0. The Balaban J connectivity index is 0.000000152. The van der Waals surface area contributed by atoms with Gasteiger partial charge in [-0.1, -0.05) is 86.5 Å². The van der Waals surface area contributed by atoms with E-state index in [-0.39, 0.29) is 5.69 Å². The monoisotopic (exact) mass is 929 g/mol. The van der Waals surface area contributed by atoms with E-state index in [0.29, 0.717) is 30.4 Å². The molecule has 0 fully saturated rings. The second-order valence-electron chi connectivity index (χ2n) is 12.4. The van der Waals surface area contributed by atoms with Gasteiger partial charge in [-0.2, -0.15) is 0 Å². The highest BCUT2D eigenvalue weighted by molar-refractivity contribution is 9.10. The third-order valence-corrected chi connectivity index (χ3v) is 9.22. The fourth-order valence-electron chi connectivity index (χ4n) is 5.44.